The van der Waals surface area contributed by atoms with Crippen LogP contribution in [0.4, 0.5) is 0 Å². The Labute approximate surface area is 71.0 Å². The lowest BCUT2D eigenvalue weighted by atomic mass is 9.77. The summed E-state index contributed by atoms with van der Waals surface area (Å²) in [5.41, 5.74) is 13.4. The molecule has 0 fully saturated rings. The molecule has 0 saturated heterocycles. The van der Waals surface area contributed by atoms with Crippen LogP contribution in [0, 0.1) is 5.41 Å². The standard InChI is InChI=1S/C6H17N3O3/c7-1-5(2-10,3-11)6(8,9)4-12/h10-12H,1-4,7-9H2. The van der Waals surface area contributed by atoms with Crippen LogP contribution < -0.4 is 17.2 Å². The Bertz CT molecular complexity index is 128. The van der Waals surface area contributed by atoms with Gasteiger partial charge in [-0.15, -0.1) is 0 Å². The first-order chi connectivity index (χ1) is 5.49. The van der Waals surface area contributed by atoms with Gasteiger partial charge in [-0.3, -0.25) is 0 Å². The second-order valence-corrected chi connectivity index (χ2v) is 3.00. The van der Waals surface area contributed by atoms with E-state index in [0.717, 1.165) is 0 Å². The largest absolute Gasteiger partial charge is 0.396 e. The zero-order valence-electron chi connectivity index (χ0n) is 6.90. The van der Waals surface area contributed by atoms with Crippen LogP contribution in [0.1, 0.15) is 0 Å². The summed E-state index contributed by atoms with van der Waals surface area (Å²) in [6.45, 7) is -1.57. The molecule has 9 N–H and O–H groups in total. The van der Waals surface area contributed by atoms with Crippen LogP contribution >= 0.6 is 0 Å². The molecule has 0 aromatic rings. The maximum atomic E-state index is 8.93. The minimum atomic E-state index is -1.56. The van der Waals surface area contributed by atoms with Crippen molar-refractivity contribution in [2.45, 2.75) is 5.66 Å². The van der Waals surface area contributed by atoms with Crippen molar-refractivity contribution in [3.8, 4) is 0 Å². The van der Waals surface area contributed by atoms with E-state index in [9.17, 15) is 0 Å². The number of nitrogens with two attached hydrogens (primary N) is 3. The molecule has 0 atom stereocenters. The van der Waals surface area contributed by atoms with Crippen molar-refractivity contribution in [2.75, 3.05) is 26.4 Å². The molecular weight excluding hydrogens is 162 g/mol. The molecule has 0 saturated carbocycles. The average Bonchev–Trinajstić information content (AvgIpc) is 2.08. The van der Waals surface area contributed by atoms with E-state index < -0.39 is 30.9 Å². The van der Waals surface area contributed by atoms with Gasteiger partial charge >= 0.3 is 0 Å². The molecule has 0 bridgehead atoms. The lowest BCUT2D eigenvalue weighted by molar-refractivity contribution is -0.0272. The van der Waals surface area contributed by atoms with Gasteiger partial charge in [0.25, 0.3) is 0 Å². The molecule has 0 aromatic heterocycles. The molecule has 0 aromatic carbocycles. The smallest absolute Gasteiger partial charge is 0.0989 e. The van der Waals surface area contributed by atoms with Crippen molar-refractivity contribution in [3.63, 3.8) is 0 Å². The monoisotopic (exact) mass is 179 g/mol. The lowest BCUT2D eigenvalue weighted by Crippen LogP contribution is -2.70. The molecule has 0 rings (SSSR count). The van der Waals surface area contributed by atoms with E-state index in [2.05, 4.69) is 0 Å². The molecular formula is C6H17N3O3. The van der Waals surface area contributed by atoms with Crippen molar-refractivity contribution in [1.29, 1.82) is 0 Å². The fourth-order valence-corrected chi connectivity index (χ4v) is 0.831. The normalized spacial score (nSPS) is 13.5. The van der Waals surface area contributed by atoms with Crippen molar-refractivity contribution >= 4 is 0 Å². The van der Waals surface area contributed by atoms with Crippen LogP contribution in [0.2, 0.25) is 0 Å². The van der Waals surface area contributed by atoms with Gasteiger partial charge in [0.05, 0.1) is 30.9 Å². The number of aliphatic hydroxyl groups excluding tert-OH is 3. The van der Waals surface area contributed by atoms with E-state index in [0.29, 0.717) is 0 Å². The van der Waals surface area contributed by atoms with Gasteiger partial charge < -0.3 is 32.5 Å². The average molecular weight is 179 g/mol. The molecule has 6 nitrogen and oxygen atoms in total. The molecule has 6 heteroatoms. The van der Waals surface area contributed by atoms with Crippen molar-refractivity contribution in [1.82, 2.24) is 0 Å². The fourth-order valence-electron chi connectivity index (χ4n) is 0.831. The Morgan fingerprint density at radius 3 is 1.42 bits per heavy atom. The highest BCUT2D eigenvalue weighted by Gasteiger charge is 2.44. The number of rotatable bonds is 5. The first-order valence-corrected chi connectivity index (χ1v) is 3.60. The summed E-state index contributed by atoms with van der Waals surface area (Å²) in [4.78, 5) is 0. The third-order valence-corrected chi connectivity index (χ3v) is 2.25. The van der Waals surface area contributed by atoms with Gasteiger partial charge in [-0.25, -0.2) is 0 Å². The van der Waals surface area contributed by atoms with Crippen LogP contribution in [-0.2, 0) is 0 Å². The minimum absolute atomic E-state index is 0.0897. The molecule has 0 spiro atoms. The maximum absolute atomic E-state index is 8.93. The Balaban J connectivity index is 4.69. The quantitative estimate of drug-likeness (QED) is 0.242. The first kappa shape index (κ1) is 11.8. The molecule has 0 unspecified atom stereocenters. The van der Waals surface area contributed by atoms with E-state index in [1.807, 2.05) is 0 Å². The van der Waals surface area contributed by atoms with E-state index in [1.165, 1.54) is 0 Å². The second kappa shape index (κ2) is 4.13. The summed E-state index contributed by atoms with van der Waals surface area (Å²) < 4.78 is 0. The Kier molecular flexibility index (Phi) is 4.04. The molecule has 0 aliphatic carbocycles. The molecule has 12 heavy (non-hydrogen) atoms. The highest BCUT2D eigenvalue weighted by Crippen LogP contribution is 2.23. The number of hydrogen-bond donors (Lipinski definition) is 6. The number of aliphatic hydroxyl groups is 3. The summed E-state index contributed by atoms with van der Waals surface area (Å²) >= 11 is 0. The predicted octanol–water partition coefficient (Wildman–Crippen LogP) is -3.48. The van der Waals surface area contributed by atoms with Crippen molar-refractivity contribution in [3.05, 3.63) is 0 Å². The van der Waals surface area contributed by atoms with Crippen LogP contribution in [0.5, 0.6) is 0 Å². The highest BCUT2D eigenvalue weighted by atomic mass is 16.3. The zero-order chi connectivity index (χ0) is 9.83. The predicted molar refractivity (Wildman–Crippen MR) is 43.9 cm³/mol. The first-order valence-electron chi connectivity index (χ1n) is 3.60. The van der Waals surface area contributed by atoms with Gasteiger partial charge in [-0.2, -0.15) is 0 Å². The van der Waals surface area contributed by atoms with Gasteiger partial charge in [0.2, 0.25) is 0 Å². The van der Waals surface area contributed by atoms with Crippen molar-refractivity contribution < 1.29 is 15.3 Å². The maximum Gasteiger partial charge on any atom is 0.0989 e. The van der Waals surface area contributed by atoms with Gasteiger partial charge in [0, 0.05) is 6.54 Å². The summed E-state index contributed by atoms with van der Waals surface area (Å²) in [6.07, 6.45) is 0. The summed E-state index contributed by atoms with van der Waals surface area (Å²) in [6, 6.07) is 0. The highest BCUT2D eigenvalue weighted by molar-refractivity contribution is 4.98. The Hall–Kier alpha value is -0.240. The van der Waals surface area contributed by atoms with Gasteiger partial charge in [0.1, 0.15) is 0 Å². The molecule has 0 radical (unpaired) electrons. The number of hydrogen-bond acceptors (Lipinski definition) is 6. The van der Waals surface area contributed by atoms with Gasteiger partial charge in [-0.05, 0) is 0 Å². The van der Waals surface area contributed by atoms with E-state index in [-0.39, 0.29) is 6.54 Å². The van der Waals surface area contributed by atoms with E-state index >= 15 is 0 Å². The summed E-state index contributed by atoms with van der Waals surface area (Å²) in [7, 11) is 0. The zero-order valence-corrected chi connectivity index (χ0v) is 6.90. The SMILES string of the molecule is NCC(CO)(CO)C(N)(N)CO. The lowest BCUT2D eigenvalue weighted by Gasteiger charge is -2.41. The van der Waals surface area contributed by atoms with Gasteiger partial charge in [0.15, 0.2) is 0 Å². The third kappa shape index (κ3) is 1.74. The molecule has 0 amide bonds. The molecule has 0 aliphatic heterocycles. The van der Waals surface area contributed by atoms with Gasteiger partial charge in [-0.1, -0.05) is 0 Å². The molecule has 0 heterocycles. The molecule has 0 aliphatic rings. The third-order valence-electron chi connectivity index (χ3n) is 2.25. The Morgan fingerprint density at radius 2 is 1.33 bits per heavy atom. The minimum Gasteiger partial charge on any atom is -0.396 e. The van der Waals surface area contributed by atoms with Crippen molar-refractivity contribution in [2.24, 2.45) is 22.6 Å². The van der Waals surface area contributed by atoms with Crippen LogP contribution in [0.3, 0.4) is 0 Å². The summed E-state index contributed by atoms with van der Waals surface area (Å²) in [5.74, 6) is 0. The topological polar surface area (TPSA) is 139 Å². The van der Waals surface area contributed by atoms with E-state index in [4.69, 9.17) is 32.5 Å². The Morgan fingerprint density at radius 1 is 0.917 bits per heavy atom. The second-order valence-electron chi connectivity index (χ2n) is 3.00. The molecule has 74 valence electrons. The van der Waals surface area contributed by atoms with E-state index in [1.54, 1.807) is 0 Å². The van der Waals surface area contributed by atoms with Crippen LogP contribution in [-0.4, -0.2) is 47.3 Å². The van der Waals surface area contributed by atoms with Crippen LogP contribution in [0.15, 0.2) is 0 Å². The summed E-state index contributed by atoms with van der Waals surface area (Å²) in [5, 5.41) is 26.7. The fraction of sp³-hybridized carbons (Fsp3) is 1.00. The van der Waals surface area contributed by atoms with Crippen LogP contribution in [0.25, 0.3) is 0 Å².